The normalized spacial score (nSPS) is 15.1. The Kier molecular flexibility index (Phi) is 6.72. The molecule has 0 fully saturated rings. The number of H-pyrrole nitrogens is 1. The van der Waals surface area contributed by atoms with Gasteiger partial charge in [-0.25, -0.2) is 4.98 Å². The summed E-state index contributed by atoms with van der Waals surface area (Å²) in [5, 5.41) is 3.83. The second kappa shape index (κ2) is 9.67. The lowest BCUT2D eigenvalue weighted by atomic mass is 9.86. The minimum absolute atomic E-state index is 0.143. The van der Waals surface area contributed by atoms with Gasteiger partial charge in [-0.1, -0.05) is 41.6 Å². The molecule has 0 aliphatic carbocycles. The highest BCUT2D eigenvalue weighted by atomic mass is 35.5. The average Bonchev–Trinajstić information content (AvgIpc) is 2.77. The Bertz CT molecular complexity index is 1210. The predicted molar refractivity (Wildman–Crippen MR) is 125 cm³/mol. The number of hydrogen-bond acceptors (Lipinski definition) is 6. The number of nitrogens with zero attached hydrogens (tertiary/aromatic N) is 1. The van der Waals surface area contributed by atoms with Crippen LogP contribution in [-0.4, -0.2) is 29.6 Å². The molecular formula is C23H22ClN3O4S. The number of methoxy groups -OCH3 is 1. The minimum Gasteiger partial charge on any atom is -0.493 e. The number of thioether (sulfide) groups is 1. The van der Waals surface area contributed by atoms with Gasteiger partial charge in [-0.15, -0.1) is 0 Å². The number of halogens is 1. The SMILES string of the molecule is CCOc1ccc([C@@H]2CC(=O)Nc3nc(SCc4cccc(Cl)c4)[nH]c(=O)c32)cc1OC. The molecule has 2 heterocycles. The van der Waals surface area contributed by atoms with E-state index in [0.29, 0.717) is 39.6 Å². The number of anilines is 1. The number of rotatable bonds is 7. The smallest absolute Gasteiger partial charge is 0.257 e. The highest BCUT2D eigenvalue weighted by Gasteiger charge is 2.31. The maximum absolute atomic E-state index is 13.0. The van der Waals surface area contributed by atoms with Crippen molar-refractivity contribution in [1.29, 1.82) is 0 Å². The van der Waals surface area contributed by atoms with Crippen molar-refractivity contribution in [2.24, 2.45) is 0 Å². The molecule has 1 amide bonds. The molecule has 1 aliphatic rings. The minimum atomic E-state index is -0.438. The van der Waals surface area contributed by atoms with E-state index in [9.17, 15) is 9.59 Å². The molecule has 1 atom stereocenters. The van der Waals surface area contributed by atoms with Gasteiger partial charge in [-0.3, -0.25) is 9.59 Å². The second-order valence-corrected chi connectivity index (χ2v) is 8.60. The number of aromatic amines is 1. The zero-order valence-corrected chi connectivity index (χ0v) is 19.2. The Morgan fingerprint density at radius 2 is 2.03 bits per heavy atom. The topological polar surface area (TPSA) is 93.3 Å². The van der Waals surface area contributed by atoms with Crippen LogP contribution in [0.2, 0.25) is 5.02 Å². The van der Waals surface area contributed by atoms with Crippen LogP contribution in [0.4, 0.5) is 5.82 Å². The van der Waals surface area contributed by atoms with Crippen molar-refractivity contribution in [3.8, 4) is 11.5 Å². The van der Waals surface area contributed by atoms with Crippen LogP contribution < -0.4 is 20.3 Å². The molecule has 1 aliphatic heterocycles. The van der Waals surface area contributed by atoms with Crippen LogP contribution in [0, 0.1) is 0 Å². The number of amides is 1. The first kappa shape index (κ1) is 22.2. The van der Waals surface area contributed by atoms with Gasteiger partial charge in [-0.2, -0.15) is 0 Å². The number of nitrogens with one attached hydrogen (secondary N) is 2. The lowest BCUT2D eigenvalue weighted by Gasteiger charge is -2.25. The van der Waals surface area contributed by atoms with Gasteiger partial charge in [0.2, 0.25) is 5.91 Å². The molecule has 0 unspecified atom stereocenters. The third-order valence-electron chi connectivity index (χ3n) is 5.08. The molecule has 0 spiro atoms. The third-order valence-corrected chi connectivity index (χ3v) is 6.26. The summed E-state index contributed by atoms with van der Waals surface area (Å²) < 4.78 is 11.0. The van der Waals surface area contributed by atoms with Gasteiger partial charge in [-0.05, 0) is 42.3 Å². The molecule has 166 valence electrons. The maximum atomic E-state index is 13.0. The Morgan fingerprint density at radius 3 is 2.78 bits per heavy atom. The molecule has 0 radical (unpaired) electrons. The summed E-state index contributed by atoms with van der Waals surface area (Å²) in [7, 11) is 1.56. The van der Waals surface area contributed by atoms with Crippen LogP contribution in [0.25, 0.3) is 0 Å². The van der Waals surface area contributed by atoms with Crippen molar-refractivity contribution in [2.45, 2.75) is 30.2 Å². The first-order valence-electron chi connectivity index (χ1n) is 10.1. The van der Waals surface area contributed by atoms with E-state index < -0.39 is 5.92 Å². The van der Waals surface area contributed by atoms with E-state index in [1.165, 1.54) is 11.8 Å². The summed E-state index contributed by atoms with van der Waals surface area (Å²) in [6.45, 7) is 2.39. The Morgan fingerprint density at radius 1 is 1.19 bits per heavy atom. The average molecular weight is 472 g/mol. The third kappa shape index (κ3) is 4.76. The van der Waals surface area contributed by atoms with E-state index in [1.54, 1.807) is 25.3 Å². The fourth-order valence-electron chi connectivity index (χ4n) is 3.66. The zero-order valence-electron chi connectivity index (χ0n) is 17.6. The molecule has 4 rings (SSSR count). The van der Waals surface area contributed by atoms with Crippen molar-refractivity contribution in [2.75, 3.05) is 19.0 Å². The van der Waals surface area contributed by atoms with E-state index >= 15 is 0 Å². The van der Waals surface area contributed by atoms with Gasteiger partial charge >= 0.3 is 0 Å². The predicted octanol–water partition coefficient (Wildman–Crippen LogP) is 4.60. The summed E-state index contributed by atoms with van der Waals surface area (Å²) in [5.74, 6) is 1.40. The quantitative estimate of drug-likeness (QED) is 0.386. The Hall–Kier alpha value is -2.97. The van der Waals surface area contributed by atoms with Crippen molar-refractivity contribution < 1.29 is 14.3 Å². The van der Waals surface area contributed by atoms with Crippen LogP contribution in [-0.2, 0) is 10.5 Å². The van der Waals surface area contributed by atoms with Crippen LogP contribution in [0.5, 0.6) is 11.5 Å². The van der Waals surface area contributed by atoms with E-state index in [0.717, 1.165) is 11.1 Å². The summed E-state index contributed by atoms with van der Waals surface area (Å²) in [5.41, 5.74) is 1.95. The summed E-state index contributed by atoms with van der Waals surface area (Å²) in [4.78, 5) is 32.8. The number of fused-ring (bicyclic) bond motifs is 1. The van der Waals surface area contributed by atoms with Gasteiger partial charge in [0.15, 0.2) is 16.7 Å². The molecule has 2 aromatic carbocycles. The van der Waals surface area contributed by atoms with Gasteiger partial charge in [0.05, 0.1) is 19.3 Å². The van der Waals surface area contributed by atoms with Gasteiger partial charge in [0, 0.05) is 23.1 Å². The van der Waals surface area contributed by atoms with Crippen LogP contribution in [0.3, 0.4) is 0 Å². The van der Waals surface area contributed by atoms with Crippen LogP contribution in [0.15, 0.2) is 52.4 Å². The number of ether oxygens (including phenoxy) is 2. The first-order chi connectivity index (χ1) is 15.5. The molecule has 0 saturated heterocycles. The molecule has 3 aromatic rings. The summed E-state index contributed by atoms with van der Waals surface area (Å²) in [6, 6.07) is 12.9. The van der Waals surface area contributed by atoms with Gasteiger partial charge in [0.25, 0.3) is 5.56 Å². The first-order valence-corrected chi connectivity index (χ1v) is 11.5. The number of aromatic nitrogens is 2. The molecule has 2 N–H and O–H groups in total. The lowest BCUT2D eigenvalue weighted by Crippen LogP contribution is -2.31. The Labute approximate surface area is 194 Å². The molecule has 9 heteroatoms. The number of benzene rings is 2. The highest BCUT2D eigenvalue weighted by Crippen LogP contribution is 2.38. The molecule has 0 saturated carbocycles. The highest BCUT2D eigenvalue weighted by molar-refractivity contribution is 7.98. The molecule has 32 heavy (non-hydrogen) atoms. The molecular weight excluding hydrogens is 450 g/mol. The fourth-order valence-corrected chi connectivity index (χ4v) is 4.67. The fraction of sp³-hybridized carbons (Fsp3) is 0.261. The zero-order chi connectivity index (χ0) is 22.7. The molecule has 1 aromatic heterocycles. The van der Waals surface area contributed by atoms with E-state index in [-0.39, 0.29) is 23.7 Å². The van der Waals surface area contributed by atoms with Crippen molar-refractivity contribution in [3.05, 3.63) is 74.5 Å². The van der Waals surface area contributed by atoms with Crippen molar-refractivity contribution in [3.63, 3.8) is 0 Å². The van der Waals surface area contributed by atoms with Crippen LogP contribution in [0.1, 0.15) is 36.0 Å². The van der Waals surface area contributed by atoms with E-state index in [1.807, 2.05) is 31.2 Å². The van der Waals surface area contributed by atoms with Gasteiger partial charge < -0.3 is 19.8 Å². The van der Waals surface area contributed by atoms with E-state index in [2.05, 4.69) is 15.3 Å². The lowest BCUT2D eigenvalue weighted by molar-refractivity contribution is -0.116. The number of carbonyl (C=O) groups excluding carboxylic acids is 1. The number of hydrogen-bond donors (Lipinski definition) is 2. The summed E-state index contributed by atoms with van der Waals surface area (Å²) in [6.07, 6.45) is 0.143. The van der Waals surface area contributed by atoms with E-state index in [4.69, 9.17) is 21.1 Å². The second-order valence-electron chi connectivity index (χ2n) is 7.20. The number of carbonyl (C=O) groups is 1. The molecule has 0 bridgehead atoms. The molecule has 7 nitrogen and oxygen atoms in total. The monoisotopic (exact) mass is 471 g/mol. The summed E-state index contributed by atoms with van der Waals surface area (Å²) >= 11 is 7.41. The van der Waals surface area contributed by atoms with Crippen molar-refractivity contribution in [1.82, 2.24) is 9.97 Å². The maximum Gasteiger partial charge on any atom is 0.257 e. The van der Waals surface area contributed by atoms with Crippen molar-refractivity contribution >= 4 is 35.1 Å². The van der Waals surface area contributed by atoms with Gasteiger partial charge in [0.1, 0.15) is 5.82 Å². The van der Waals surface area contributed by atoms with Crippen LogP contribution >= 0.6 is 23.4 Å². The largest absolute Gasteiger partial charge is 0.493 e. The standard InChI is InChI=1S/C23H22ClN3O4S/c1-3-31-17-8-7-14(10-18(17)30-2)16-11-19(28)25-21-20(16)22(29)27-23(26-21)32-12-13-5-4-6-15(24)9-13/h4-10,16H,3,11-12H2,1-2H3,(H2,25,26,27,28,29)/t16-/m0/s1. The Balaban J connectivity index is 1.65.